The summed E-state index contributed by atoms with van der Waals surface area (Å²) in [6.07, 6.45) is 4.87. The summed E-state index contributed by atoms with van der Waals surface area (Å²) >= 11 is 0. The van der Waals surface area contributed by atoms with Gasteiger partial charge in [0.1, 0.15) is 17.8 Å². The molecule has 60 heavy (non-hydrogen) atoms. The van der Waals surface area contributed by atoms with Crippen molar-refractivity contribution in [1.29, 1.82) is 0 Å². The number of hydrogen-bond acceptors (Lipinski definition) is 11. The number of nitrogens with one attached hydrogen (secondary N) is 3. The van der Waals surface area contributed by atoms with E-state index >= 15 is 0 Å². The topological polar surface area (TPSA) is 244 Å². The number of carbonyl (C=O) groups excluding carboxylic acids is 4. The van der Waals surface area contributed by atoms with Gasteiger partial charge in [-0.1, -0.05) is 12.2 Å². The van der Waals surface area contributed by atoms with E-state index < -0.39 is 23.6 Å². The highest BCUT2D eigenvalue weighted by Gasteiger charge is 2.39. The van der Waals surface area contributed by atoms with Gasteiger partial charge < -0.3 is 30.7 Å². The molecule has 0 spiro atoms. The average molecular weight is 817 g/mol. The van der Waals surface area contributed by atoms with Crippen LogP contribution in [-0.4, -0.2) is 99.5 Å². The van der Waals surface area contributed by atoms with E-state index in [9.17, 15) is 19.2 Å². The number of rotatable bonds is 7. The molecule has 7 N–H and O–H groups in total. The van der Waals surface area contributed by atoms with Gasteiger partial charge in [0.2, 0.25) is 23.7 Å². The number of piperazine rings is 1. The van der Waals surface area contributed by atoms with Crippen LogP contribution in [0.1, 0.15) is 79.2 Å². The highest BCUT2D eigenvalue weighted by molar-refractivity contribution is 6.06. The number of primary amides is 2. The van der Waals surface area contributed by atoms with Crippen molar-refractivity contribution in [3.63, 3.8) is 0 Å². The number of allylic oxidation sites excluding steroid dienone is 2. The minimum absolute atomic E-state index is 0.121. The Morgan fingerprint density at radius 1 is 0.867 bits per heavy atom. The van der Waals surface area contributed by atoms with Crippen LogP contribution in [0, 0.1) is 13.8 Å². The van der Waals surface area contributed by atoms with E-state index in [1.165, 1.54) is 7.11 Å². The fraction of sp³-hybridized carbons (Fsp3) is 0.375. The molecular formula is C40H46N15O5+. The van der Waals surface area contributed by atoms with E-state index in [4.69, 9.17) is 36.4 Å². The maximum Gasteiger partial charge on any atom is 0.331 e. The van der Waals surface area contributed by atoms with Gasteiger partial charge in [0.25, 0.3) is 11.7 Å². The van der Waals surface area contributed by atoms with Crippen molar-refractivity contribution < 1.29 is 28.5 Å². The highest BCUT2D eigenvalue weighted by atomic mass is 16.5. The molecule has 9 rings (SSSR count). The number of nitrogens with zero attached hydrogens (tertiary/aromatic N) is 10. The van der Waals surface area contributed by atoms with Crippen LogP contribution in [0.2, 0.25) is 0 Å². The molecule has 3 aliphatic heterocycles. The Morgan fingerprint density at radius 2 is 1.50 bits per heavy atom. The second kappa shape index (κ2) is 14.7. The van der Waals surface area contributed by atoms with Gasteiger partial charge in [-0.15, -0.1) is 4.68 Å². The summed E-state index contributed by atoms with van der Waals surface area (Å²) in [5, 5.41) is 19.1. The van der Waals surface area contributed by atoms with E-state index in [2.05, 4.69) is 20.9 Å². The summed E-state index contributed by atoms with van der Waals surface area (Å²) in [4.78, 5) is 66.6. The zero-order valence-corrected chi connectivity index (χ0v) is 33.9. The first-order valence-corrected chi connectivity index (χ1v) is 19.9. The molecule has 4 amide bonds. The molecule has 2 unspecified atom stereocenters. The number of carbonyl (C=O) groups is 4. The summed E-state index contributed by atoms with van der Waals surface area (Å²) in [5.74, 6) is -1.02. The fourth-order valence-corrected chi connectivity index (χ4v) is 8.97. The molecule has 4 aromatic heterocycles. The van der Waals surface area contributed by atoms with E-state index in [0.717, 1.165) is 30.6 Å². The van der Waals surface area contributed by atoms with Crippen LogP contribution in [0.4, 0.5) is 11.9 Å². The van der Waals surface area contributed by atoms with E-state index in [-0.39, 0.29) is 42.1 Å². The monoisotopic (exact) mass is 816 g/mol. The Labute approximate surface area is 343 Å². The van der Waals surface area contributed by atoms with Gasteiger partial charge >= 0.3 is 11.7 Å². The number of nitrogens with two attached hydrogens (primary N) is 2. The lowest BCUT2D eigenvalue weighted by Gasteiger charge is -2.27. The Kier molecular flexibility index (Phi) is 9.46. The van der Waals surface area contributed by atoms with Gasteiger partial charge in [-0.25, -0.2) is 9.97 Å². The normalized spacial score (nSPS) is 18.6. The van der Waals surface area contributed by atoms with E-state index in [1.54, 1.807) is 50.5 Å². The number of ether oxygens (including phenoxy) is 1. The van der Waals surface area contributed by atoms with Gasteiger partial charge in [0.05, 0.1) is 29.4 Å². The Hall–Kier alpha value is -6.93. The molecule has 0 radical (unpaired) electrons. The van der Waals surface area contributed by atoms with E-state index in [1.807, 2.05) is 36.6 Å². The zero-order valence-electron chi connectivity index (χ0n) is 33.9. The van der Waals surface area contributed by atoms with Gasteiger partial charge in [0.15, 0.2) is 11.4 Å². The van der Waals surface area contributed by atoms with Crippen molar-refractivity contribution in [3.05, 3.63) is 76.1 Å². The second-order valence-corrected chi connectivity index (χ2v) is 15.3. The number of likely N-dealkylation sites (tertiary alicyclic amines) is 1. The average Bonchev–Trinajstić information content (AvgIpc) is 4.08. The van der Waals surface area contributed by atoms with Crippen LogP contribution < -0.4 is 36.7 Å². The first-order valence-electron chi connectivity index (χ1n) is 19.9. The van der Waals surface area contributed by atoms with Crippen molar-refractivity contribution in [3.8, 4) is 11.4 Å². The van der Waals surface area contributed by atoms with Crippen LogP contribution >= 0.6 is 0 Å². The molecule has 20 heteroatoms. The molecule has 0 saturated carbocycles. The lowest BCUT2D eigenvalue weighted by atomic mass is 10.1. The largest absolute Gasteiger partial charge is 0.494 e. The van der Waals surface area contributed by atoms with Crippen LogP contribution in [0.15, 0.2) is 36.4 Å². The molecule has 310 valence electrons. The highest BCUT2D eigenvalue weighted by Crippen LogP contribution is 2.33. The minimum Gasteiger partial charge on any atom is -0.494 e. The third-order valence-corrected chi connectivity index (χ3v) is 11.6. The lowest BCUT2D eigenvalue weighted by molar-refractivity contribution is -0.606. The van der Waals surface area contributed by atoms with Gasteiger partial charge in [-0.05, 0) is 57.0 Å². The van der Waals surface area contributed by atoms with Crippen LogP contribution in [0.5, 0.6) is 5.75 Å². The summed E-state index contributed by atoms with van der Waals surface area (Å²) < 4.78 is 14.2. The van der Waals surface area contributed by atoms with Gasteiger partial charge in [0, 0.05) is 74.5 Å². The number of benzene rings is 2. The maximum atomic E-state index is 14.8. The quantitative estimate of drug-likeness (QED) is 0.114. The Bertz CT molecular complexity index is 2830. The summed E-state index contributed by atoms with van der Waals surface area (Å²) in [6.45, 7) is 10.7. The molecule has 2 saturated heterocycles. The SMILES string of the molecule is CCn1nc(C)c2c1C(=O)Nc1nc3cc(C(N)=O)cc(CN4CC5CC4CN5)c3n1C/C=C/Cn1c(nc3cc(C(N)=O)cc(OC)c31)NC(=O)c1n(CC)nc(C)[n+]1-2. The zero-order chi connectivity index (χ0) is 42.1. The standard InChI is InChI=1S/C40H45N15O5/c1-6-53-33-30(20(3)48-53)55-21(4)49-54(7-2)38(55)37(59)47-40-45-28-14-23(35(42)57)15-29(60-5)32(28)52(40)11-9-8-10-51-31-24(18-50-19-25-16-26(50)17-43-25)12-22(34(41)56)13-27(31)44-39(51)46-36(33)58/h8-9,12-15,25-26,43H,6-7,10-11,16-19H2,1-5H3,(H5-,41,42,44,45,46,47,56,57,58,59)/p+1/b9-8+. The molecule has 0 aliphatic carbocycles. The van der Waals surface area contributed by atoms with Crippen LogP contribution in [0.25, 0.3) is 27.8 Å². The lowest BCUT2D eigenvalue weighted by Crippen LogP contribution is -2.44. The van der Waals surface area contributed by atoms with Crippen LogP contribution in [-0.2, 0) is 32.7 Å². The molecule has 2 aromatic carbocycles. The van der Waals surface area contributed by atoms with Crippen molar-refractivity contribution >= 4 is 57.6 Å². The number of aromatic nitrogens is 9. The summed E-state index contributed by atoms with van der Waals surface area (Å²) in [7, 11) is 1.48. The Morgan fingerprint density at radius 3 is 2.10 bits per heavy atom. The number of aryl methyl sites for hydroxylation is 4. The molecule has 7 heterocycles. The van der Waals surface area contributed by atoms with E-state index in [0.29, 0.717) is 76.8 Å². The van der Waals surface area contributed by atoms with Gasteiger partial charge in [-0.2, -0.15) is 9.67 Å². The molecule has 2 bridgehead atoms. The first-order chi connectivity index (χ1) is 28.9. The number of fused-ring (bicyclic) bond motifs is 11. The maximum absolute atomic E-state index is 14.8. The van der Waals surface area contributed by atoms with Crippen molar-refractivity contribution in [2.75, 3.05) is 30.8 Å². The predicted octanol–water partition coefficient (Wildman–Crippen LogP) is 1.54. The molecule has 20 nitrogen and oxygen atoms in total. The third-order valence-electron chi connectivity index (χ3n) is 11.6. The van der Waals surface area contributed by atoms with Crippen molar-refractivity contribution in [2.24, 2.45) is 11.5 Å². The number of methoxy groups -OCH3 is 1. The molecule has 2 atom stereocenters. The summed E-state index contributed by atoms with van der Waals surface area (Å²) in [5.41, 5.74) is 16.1. The number of anilines is 2. The number of imidazole rings is 2. The fourth-order valence-electron chi connectivity index (χ4n) is 8.97. The minimum atomic E-state index is -0.661. The van der Waals surface area contributed by atoms with Crippen LogP contribution in [0.3, 0.4) is 0 Å². The van der Waals surface area contributed by atoms with Gasteiger partial charge in [-0.3, -0.25) is 39.4 Å². The third kappa shape index (κ3) is 6.25. The first kappa shape index (κ1) is 38.6. The molecule has 6 aromatic rings. The number of hydrogen-bond donors (Lipinski definition) is 5. The number of amides is 4. The molecule has 3 aliphatic rings. The summed E-state index contributed by atoms with van der Waals surface area (Å²) in [6, 6.07) is 7.33. The smallest absolute Gasteiger partial charge is 0.331 e. The molecule has 2 fully saturated rings. The van der Waals surface area contributed by atoms with Crippen molar-refractivity contribution in [2.45, 2.75) is 78.9 Å². The predicted molar refractivity (Wildman–Crippen MR) is 219 cm³/mol. The second-order valence-electron chi connectivity index (χ2n) is 15.3. The van der Waals surface area contributed by atoms with Crippen molar-refractivity contribution in [1.82, 2.24) is 48.9 Å². The molecular weight excluding hydrogens is 771 g/mol. The Balaban J connectivity index is 1.28.